The topological polar surface area (TPSA) is 81.8 Å². The Morgan fingerprint density at radius 2 is 1.40 bits per heavy atom. The maximum Gasteiger partial charge on any atom is 0.257 e. The Morgan fingerprint density at radius 1 is 0.771 bits per heavy atom. The van der Waals surface area contributed by atoms with Gasteiger partial charge in [-0.2, -0.15) is 0 Å². The molecule has 4 rings (SSSR count). The van der Waals surface area contributed by atoms with Crippen LogP contribution in [0.2, 0.25) is 0 Å². The van der Waals surface area contributed by atoms with Crippen LogP contribution in [0, 0.1) is 11.6 Å². The van der Waals surface area contributed by atoms with Gasteiger partial charge in [-0.05, 0) is 54.6 Å². The number of para-hydroxylation sites is 1. The minimum Gasteiger partial charge on any atom is -0.356 e. The summed E-state index contributed by atoms with van der Waals surface area (Å²) in [5.74, 6) is -2.76. The standard InChI is InChI=1S/C26H24F2N4O3/c27-19-8-11-23(28)22(16-19)26(35)32-14-12-31(13-15-32)24(33)17-29-25(34)18-6-9-21(10-7-18)30-20-4-2-1-3-5-20/h1-11,16,30H,12-15,17H2,(H,29,34). The highest BCUT2D eigenvalue weighted by atomic mass is 19.1. The number of piperazine rings is 1. The summed E-state index contributed by atoms with van der Waals surface area (Å²) in [6.45, 7) is 0.651. The summed E-state index contributed by atoms with van der Waals surface area (Å²) in [4.78, 5) is 40.4. The smallest absolute Gasteiger partial charge is 0.257 e. The van der Waals surface area contributed by atoms with Crippen molar-refractivity contribution >= 4 is 29.1 Å². The summed E-state index contributed by atoms with van der Waals surface area (Å²) in [6.07, 6.45) is 0. The minimum atomic E-state index is -0.790. The molecule has 0 aliphatic carbocycles. The van der Waals surface area contributed by atoms with Gasteiger partial charge in [0.2, 0.25) is 5.91 Å². The van der Waals surface area contributed by atoms with Gasteiger partial charge >= 0.3 is 0 Å². The number of nitrogens with zero attached hydrogens (tertiary/aromatic N) is 2. The van der Waals surface area contributed by atoms with Crippen molar-refractivity contribution in [3.8, 4) is 0 Å². The Kier molecular flexibility index (Phi) is 7.35. The third kappa shape index (κ3) is 6.00. The van der Waals surface area contributed by atoms with Crippen LogP contribution in [0.25, 0.3) is 0 Å². The molecule has 0 aromatic heterocycles. The molecule has 1 aliphatic heterocycles. The van der Waals surface area contributed by atoms with Gasteiger partial charge in [-0.25, -0.2) is 8.78 Å². The van der Waals surface area contributed by atoms with Gasteiger partial charge < -0.3 is 20.4 Å². The van der Waals surface area contributed by atoms with E-state index in [2.05, 4.69) is 10.6 Å². The van der Waals surface area contributed by atoms with E-state index in [0.717, 1.165) is 29.6 Å². The van der Waals surface area contributed by atoms with E-state index in [4.69, 9.17) is 0 Å². The normalized spacial score (nSPS) is 13.3. The van der Waals surface area contributed by atoms with Gasteiger partial charge in [0.15, 0.2) is 0 Å². The van der Waals surface area contributed by atoms with E-state index < -0.39 is 17.5 Å². The average Bonchev–Trinajstić information content (AvgIpc) is 2.89. The van der Waals surface area contributed by atoms with E-state index in [-0.39, 0.29) is 50.1 Å². The van der Waals surface area contributed by atoms with E-state index in [9.17, 15) is 23.2 Å². The van der Waals surface area contributed by atoms with Gasteiger partial charge in [-0.3, -0.25) is 14.4 Å². The maximum atomic E-state index is 13.9. The first kappa shape index (κ1) is 23.9. The lowest BCUT2D eigenvalue weighted by Gasteiger charge is -2.35. The van der Waals surface area contributed by atoms with E-state index in [1.165, 1.54) is 9.80 Å². The molecule has 2 N–H and O–H groups in total. The lowest BCUT2D eigenvalue weighted by Crippen LogP contribution is -2.52. The predicted molar refractivity (Wildman–Crippen MR) is 127 cm³/mol. The Balaban J connectivity index is 1.24. The fourth-order valence-corrected chi connectivity index (χ4v) is 3.75. The first-order chi connectivity index (χ1) is 16.9. The maximum absolute atomic E-state index is 13.9. The molecule has 0 radical (unpaired) electrons. The molecule has 3 aromatic carbocycles. The first-order valence-corrected chi connectivity index (χ1v) is 11.1. The molecule has 0 atom stereocenters. The summed E-state index contributed by atoms with van der Waals surface area (Å²) < 4.78 is 27.3. The number of amides is 3. The number of rotatable bonds is 6. The molecule has 9 heteroatoms. The molecule has 0 unspecified atom stereocenters. The van der Waals surface area contributed by atoms with Crippen molar-refractivity contribution in [3.63, 3.8) is 0 Å². The monoisotopic (exact) mass is 478 g/mol. The van der Waals surface area contributed by atoms with Gasteiger partial charge in [0, 0.05) is 43.1 Å². The van der Waals surface area contributed by atoms with Gasteiger partial charge in [0.25, 0.3) is 11.8 Å². The lowest BCUT2D eigenvalue weighted by molar-refractivity contribution is -0.131. The molecule has 3 aromatic rings. The number of hydrogen-bond acceptors (Lipinski definition) is 4. The predicted octanol–water partition coefficient (Wildman–Crippen LogP) is 3.42. The highest BCUT2D eigenvalue weighted by Gasteiger charge is 2.26. The Morgan fingerprint density at radius 3 is 2.09 bits per heavy atom. The van der Waals surface area contributed by atoms with Crippen molar-refractivity contribution in [1.82, 2.24) is 15.1 Å². The lowest BCUT2D eigenvalue weighted by atomic mass is 10.1. The number of anilines is 2. The van der Waals surface area contributed by atoms with Crippen LogP contribution in [0.1, 0.15) is 20.7 Å². The molecule has 1 aliphatic rings. The molecular weight excluding hydrogens is 454 g/mol. The molecule has 3 amide bonds. The highest BCUT2D eigenvalue weighted by molar-refractivity contribution is 5.97. The molecule has 0 bridgehead atoms. The molecule has 0 saturated carbocycles. The number of hydrogen-bond donors (Lipinski definition) is 2. The fraction of sp³-hybridized carbons (Fsp3) is 0.192. The average molecular weight is 478 g/mol. The summed E-state index contributed by atoms with van der Waals surface area (Å²) in [6, 6.07) is 19.3. The summed E-state index contributed by atoms with van der Waals surface area (Å²) in [5, 5.41) is 5.85. The van der Waals surface area contributed by atoms with E-state index in [0.29, 0.717) is 5.56 Å². The number of halogens is 2. The van der Waals surface area contributed by atoms with Gasteiger partial charge in [0.05, 0.1) is 12.1 Å². The first-order valence-electron chi connectivity index (χ1n) is 11.1. The second kappa shape index (κ2) is 10.8. The quantitative estimate of drug-likeness (QED) is 0.569. The number of benzene rings is 3. The van der Waals surface area contributed by atoms with Crippen LogP contribution in [0.3, 0.4) is 0 Å². The number of nitrogens with one attached hydrogen (secondary N) is 2. The molecule has 180 valence electrons. The zero-order valence-electron chi connectivity index (χ0n) is 18.8. The molecule has 0 spiro atoms. The van der Waals surface area contributed by atoms with Crippen molar-refractivity contribution in [1.29, 1.82) is 0 Å². The van der Waals surface area contributed by atoms with Crippen LogP contribution in [0.4, 0.5) is 20.2 Å². The van der Waals surface area contributed by atoms with Crippen LogP contribution in [-0.2, 0) is 4.79 Å². The van der Waals surface area contributed by atoms with E-state index in [1.807, 2.05) is 30.3 Å². The van der Waals surface area contributed by atoms with Gasteiger partial charge in [0.1, 0.15) is 11.6 Å². The van der Waals surface area contributed by atoms with Crippen LogP contribution >= 0.6 is 0 Å². The summed E-state index contributed by atoms with van der Waals surface area (Å²) in [5.41, 5.74) is 1.85. The third-order valence-electron chi connectivity index (χ3n) is 5.69. The Hall–Kier alpha value is -4.27. The number of carbonyl (C=O) groups excluding carboxylic acids is 3. The van der Waals surface area contributed by atoms with Crippen LogP contribution < -0.4 is 10.6 Å². The second-order valence-electron chi connectivity index (χ2n) is 8.05. The van der Waals surface area contributed by atoms with Crippen molar-refractivity contribution < 1.29 is 23.2 Å². The van der Waals surface area contributed by atoms with E-state index >= 15 is 0 Å². The second-order valence-corrected chi connectivity index (χ2v) is 8.05. The zero-order valence-corrected chi connectivity index (χ0v) is 18.8. The molecule has 1 heterocycles. The molecule has 1 fully saturated rings. The summed E-state index contributed by atoms with van der Waals surface area (Å²) >= 11 is 0. The van der Waals surface area contributed by atoms with Gasteiger partial charge in [-0.1, -0.05) is 18.2 Å². The SMILES string of the molecule is O=C(NCC(=O)N1CCN(C(=O)c2cc(F)ccc2F)CC1)c1ccc(Nc2ccccc2)cc1. The zero-order chi connectivity index (χ0) is 24.8. The number of carbonyl (C=O) groups is 3. The molecule has 35 heavy (non-hydrogen) atoms. The van der Waals surface area contributed by atoms with Crippen molar-refractivity contribution in [2.24, 2.45) is 0 Å². The molecule has 1 saturated heterocycles. The minimum absolute atomic E-state index is 0.185. The van der Waals surface area contributed by atoms with Crippen molar-refractivity contribution in [2.45, 2.75) is 0 Å². The third-order valence-corrected chi connectivity index (χ3v) is 5.69. The van der Waals surface area contributed by atoms with Gasteiger partial charge in [-0.15, -0.1) is 0 Å². The Bertz CT molecular complexity index is 1210. The summed E-state index contributed by atoms with van der Waals surface area (Å²) in [7, 11) is 0. The van der Waals surface area contributed by atoms with Crippen LogP contribution in [0.5, 0.6) is 0 Å². The van der Waals surface area contributed by atoms with Crippen molar-refractivity contribution in [3.05, 3.63) is 95.6 Å². The largest absolute Gasteiger partial charge is 0.356 e. The van der Waals surface area contributed by atoms with Crippen LogP contribution in [0.15, 0.2) is 72.8 Å². The van der Waals surface area contributed by atoms with Crippen molar-refractivity contribution in [2.75, 3.05) is 38.0 Å². The molecule has 7 nitrogen and oxygen atoms in total. The van der Waals surface area contributed by atoms with E-state index in [1.54, 1.807) is 24.3 Å². The van der Waals surface area contributed by atoms with Crippen LogP contribution in [-0.4, -0.2) is 60.2 Å². The molecular formula is C26H24F2N4O3. The highest BCUT2D eigenvalue weighted by Crippen LogP contribution is 2.17. The fourth-order valence-electron chi connectivity index (χ4n) is 3.75. The Labute approximate surface area is 201 Å².